The van der Waals surface area contributed by atoms with Crippen LogP contribution >= 0.6 is 0 Å². The lowest BCUT2D eigenvalue weighted by Gasteiger charge is -2.07. The molecule has 0 atom stereocenters. The smallest absolute Gasteiger partial charge is 0.204 e. The largest absolute Gasteiger partial charge is 0.288 e. The van der Waals surface area contributed by atoms with Crippen LogP contribution in [0.1, 0.15) is 15.9 Å². The lowest BCUT2D eigenvalue weighted by Crippen LogP contribution is -2.07. The van der Waals surface area contributed by atoms with Gasteiger partial charge in [0.2, 0.25) is 5.78 Å². The minimum absolute atomic E-state index is 0.0960. The van der Waals surface area contributed by atoms with Gasteiger partial charge >= 0.3 is 0 Å². The molecule has 1 aromatic carbocycles. The van der Waals surface area contributed by atoms with Crippen LogP contribution in [0.5, 0.6) is 0 Å². The average molecular weight is 170 g/mol. The lowest BCUT2D eigenvalue weighted by atomic mass is 9.93. The van der Waals surface area contributed by atoms with Crippen LogP contribution in [0.4, 0.5) is 0 Å². The van der Waals surface area contributed by atoms with Crippen LogP contribution in [0.3, 0.4) is 0 Å². The molecule has 0 saturated carbocycles. The van der Waals surface area contributed by atoms with Crippen molar-refractivity contribution in [1.82, 2.24) is 0 Å². The second-order valence-corrected chi connectivity index (χ2v) is 2.77. The van der Waals surface area contributed by atoms with Crippen molar-refractivity contribution >= 4 is 17.8 Å². The maximum absolute atomic E-state index is 11.5. The molecule has 0 radical (unpaired) electrons. The molecule has 1 aromatic rings. The molecule has 0 amide bonds. The normalized spacial score (nSPS) is 13.8. The molecule has 2 nitrogen and oxygen atoms in total. The number of fused-ring (bicyclic) bond motifs is 1. The predicted octanol–water partition coefficient (Wildman–Crippen LogP) is 1.65. The van der Waals surface area contributed by atoms with Crippen molar-refractivity contribution in [1.29, 1.82) is 0 Å². The van der Waals surface area contributed by atoms with Crippen molar-refractivity contribution in [2.75, 3.05) is 0 Å². The molecule has 0 fully saturated rings. The first-order valence-electron chi connectivity index (χ1n) is 3.90. The Hall–Kier alpha value is -1.92. The third kappa shape index (κ3) is 1.13. The van der Waals surface area contributed by atoms with Crippen LogP contribution in [0.15, 0.2) is 35.9 Å². The molecule has 2 rings (SSSR count). The summed E-state index contributed by atoms with van der Waals surface area (Å²) in [4.78, 5) is 21.8. The zero-order valence-corrected chi connectivity index (χ0v) is 6.78. The SMILES string of the molecule is O=C=C1C=Cc2ccccc2C1=O. The summed E-state index contributed by atoms with van der Waals surface area (Å²) in [5.41, 5.74) is 1.52. The zero-order chi connectivity index (χ0) is 9.26. The van der Waals surface area contributed by atoms with E-state index >= 15 is 0 Å². The summed E-state index contributed by atoms with van der Waals surface area (Å²) < 4.78 is 0. The Morgan fingerprint density at radius 3 is 2.62 bits per heavy atom. The highest BCUT2D eigenvalue weighted by atomic mass is 16.1. The summed E-state index contributed by atoms with van der Waals surface area (Å²) in [6.45, 7) is 0. The molecule has 62 valence electrons. The monoisotopic (exact) mass is 170 g/mol. The van der Waals surface area contributed by atoms with Crippen LogP contribution in [0, 0.1) is 0 Å². The van der Waals surface area contributed by atoms with Crippen molar-refractivity contribution < 1.29 is 9.59 Å². The van der Waals surface area contributed by atoms with E-state index in [9.17, 15) is 9.59 Å². The van der Waals surface area contributed by atoms with Gasteiger partial charge < -0.3 is 0 Å². The Labute approximate surface area is 75.2 Å². The van der Waals surface area contributed by atoms with Gasteiger partial charge in [-0.2, -0.15) is 0 Å². The van der Waals surface area contributed by atoms with E-state index in [0.29, 0.717) is 5.56 Å². The van der Waals surface area contributed by atoms with Crippen molar-refractivity contribution in [2.45, 2.75) is 0 Å². The van der Waals surface area contributed by atoms with Gasteiger partial charge in [-0.25, -0.2) is 4.79 Å². The van der Waals surface area contributed by atoms with Crippen LogP contribution in [-0.2, 0) is 4.79 Å². The van der Waals surface area contributed by atoms with E-state index in [-0.39, 0.29) is 11.4 Å². The van der Waals surface area contributed by atoms with Gasteiger partial charge in [0.05, 0.1) is 0 Å². The molecule has 0 N–H and O–H groups in total. The van der Waals surface area contributed by atoms with E-state index in [1.54, 1.807) is 24.2 Å². The van der Waals surface area contributed by atoms with Crippen molar-refractivity contribution in [2.24, 2.45) is 0 Å². The van der Waals surface area contributed by atoms with Gasteiger partial charge in [-0.15, -0.1) is 0 Å². The van der Waals surface area contributed by atoms with Gasteiger partial charge in [0.15, 0.2) is 0 Å². The van der Waals surface area contributed by atoms with E-state index in [1.807, 2.05) is 12.1 Å². The van der Waals surface area contributed by atoms with Crippen LogP contribution < -0.4 is 0 Å². The molecule has 0 bridgehead atoms. The predicted molar refractivity (Wildman–Crippen MR) is 49.0 cm³/mol. The van der Waals surface area contributed by atoms with E-state index in [0.717, 1.165) is 5.56 Å². The van der Waals surface area contributed by atoms with Crippen molar-refractivity contribution in [3.63, 3.8) is 0 Å². The maximum atomic E-state index is 11.5. The van der Waals surface area contributed by atoms with E-state index in [4.69, 9.17) is 0 Å². The summed E-state index contributed by atoms with van der Waals surface area (Å²) in [5, 5.41) is 0. The Bertz CT molecular complexity index is 449. The topological polar surface area (TPSA) is 34.1 Å². The number of Topliss-reactive ketones (excluding diaryl/α,β-unsaturated/α-hetero) is 1. The van der Waals surface area contributed by atoms with Gasteiger partial charge in [0.1, 0.15) is 11.5 Å². The highest BCUT2D eigenvalue weighted by molar-refractivity contribution is 6.19. The average Bonchev–Trinajstić information content (AvgIpc) is 2.19. The molecule has 0 unspecified atom stereocenters. The number of carbonyl (C=O) groups is 1. The number of allylic oxidation sites excluding steroid dienone is 2. The molecule has 0 aromatic heterocycles. The van der Waals surface area contributed by atoms with Crippen molar-refractivity contribution in [3.8, 4) is 0 Å². The minimum atomic E-state index is -0.242. The van der Waals surface area contributed by atoms with Gasteiger partial charge in [0.25, 0.3) is 0 Å². The maximum Gasteiger partial charge on any atom is 0.204 e. The number of benzene rings is 1. The Morgan fingerprint density at radius 2 is 1.85 bits per heavy atom. The molecule has 1 aliphatic carbocycles. The standard InChI is InChI=1S/C11H6O2/c12-7-9-6-5-8-3-1-2-4-10(8)11(9)13/h1-6H. The second-order valence-electron chi connectivity index (χ2n) is 2.77. The fourth-order valence-corrected chi connectivity index (χ4v) is 1.32. The first-order chi connectivity index (χ1) is 6.33. The minimum Gasteiger partial charge on any atom is -0.288 e. The molecule has 0 saturated heterocycles. The van der Waals surface area contributed by atoms with Crippen molar-refractivity contribution in [3.05, 3.63) is 47.0 Å². The van der Waals surface area contributed by atoms with E-state index in [2.05, 4.69) is 0 Å². The number of rotatable bonds is 0. The molecule has 0 aliphatic heterocycles. The number of carbonyl (C=O) groups excluding carboxylic acids is 2. The van der Waals surface area contributed by atoms with Gasteiger partial charge in [0, 0.05) is 5.56 Å². The fraction of sp³-hybridized carbons (Fsp3) is 0. The third-order valence-electron chi connectivity index (χ3n) is 1.99. The summed E-state index contributed by atoms with van der Waals surface area (Å²) in [5.74, 6) is 1.38. The summed E-state index contributed by atoms with van der Waals surface area (Å²) in [6.07, 6.45) is 3.24. The van der Waals surface area contributed by atoms with Gasteiger partial charge in [-0.05, 0) is 11.6 Å². The molecule has 13 heavy (non-hydrogen) atoms. The van der Waals surface area contributed by atoms with E-state index < -0.39 is 0 Å². The first kappa shape index (κ1) is 7.71. The highest BCUT2D eigenvalue weighted by Gasteiger charge is 2.17. The number of hydrogen-bond donors (Lipinski definition) is 0. The summed E-state index contributed by atoms with van der Waals surface area (Å²) in [7, 11) is 0. The second kappa shape index (κ2) is 2.85. The lowest BCUT2D eigenvalue weighted by molar-refractivity contribution is 0.103. The highest BCUT2D eigenvalue weighted by Crippen LogP contribution is 2.20. The quantitative estimate of drug-likeness (QED) is 0.438. The Balaban J connectivity index is 2.68. The number of ketones is 1. The van der Waals surface area contributed by atoms with Crippen LogP contribution in [0.2, 0.25) is 0 Å². The summed E-state index contributed by atoms with van der Waals surface area (Å²) in [6, 6.07) is 7.17. The fourth-order valence-electron chi connectivity index (χ4n) is 1.32. The third-order valence-corrected chi connectivity index (χ3v) is 1.99. The molecule has 2 heteroatoms. The van der Waals surface area contributed by atoms with Crippen LogP contribution in [-0.4, -0.2) is 11.7 Å². The molecule has 0 heterocycles. The van der Waals surface area contributed by atoms with Gasteiger partial charge in [-0.3, -0.25) is 4.79 Å². The zero-order valence-electron chi connectivity index (χ0n) is 6.78. The Morgan fingerprint density at radius 1 is 1.08 bits per heavy atom. The molecular formula is C11H6O2. The van der Waals surface area contributed by atoms with Crippen LogP contribution in [0.25, 0.3) is 6.08 Å². The van der Waals surface area contributed by atoms with Gasteiger partial charge in [-0.1, -0.05) is 30.3 Å². The molecule has 0 spiro atoms. The molecule has 1 aliphatic rings. The number of hydrogen-bond acceptors (Lipinski definition) is 2. The Kier molecular flexibility index (Phi) is 1.69. The molecular weight excluding hydrogens is 164 g/mol. The van der Waals surface area contributed by atoms with E-state index in [1.165, 1.54) is 6.08 Å². The first-order valence-corrected chi connectivity index (χ1v) is 3.90. The summed E-state index contributed by atoms with van der Waals surface area (Å²) >= 11 is 0.